The summed E-state index contributed by atoms with van der Waals surface area (Å²) < 4.78 is 28.3. The molecular formula is C28H42O4S. The zero-order valence-electron chi connectivity index (χ0n) is 21.7. The second kappa shape index (κ2) is 10.6. The van der Waals surface area contributed by atoms with Gasteiger partial charge in [0.2, 0.25) is 0 Å². The van der Waals surface area contributed by atoms with E-state index in [1.54, 1.807) is 6.07 Å². The van der Waals surface area contributed by atoms with Crippen LogP contribution >= 0.6 is 0 Å². The van der Waals surface area contributed by atoms with Crippen LogP contribution in [0.1, 0.15) is 88.1 Å². The van der Waals surface area contributed by atoms with Crippen molar-refractivity contribution < 1.29 is 17.7 Å². The minimum Gasteiger partial charge on any atom is -0.390 e. The average molecular weight is 475 g/mol. The Morgan fingerprint density at radius 1 is 0.939 bits per heavy atom. The third kappa shape index (κ3) is 6.39. The van der Waals surface area contributed by atoms with Crippen LogP contribution in [0.15, 0.2) is 36.4 Å². The molecular weight excluding hydrogens is 432 g/mol. The molecule has 0 fully saturated rings. The van der Waals surface area contributed by atoms with Gasteiger partial charge in [-0.15, -0.1) is 0 Å². The quantitative estimate of drug-likeness (QED) is 0.379. The van der Waals surface area contributed by atoms with Gasteiger partial charge >= 0.3 is 10.1 Å². The van der Waals surface area contributed by atoms with Gasteiger partial charge in [0.25, 0.3) is 0 Å². The molecule has 5 heteroatoms. The van der Waals surface area contributed by atoms with Crippen LogP contribution in [0.5, 0.6) is 5.75 Å². The summed E-state index contributed by atoms with van der Waals surface area (Å²) in [6.07, 6.45) is 5.60. The molecule has 0 saturated carbocycles. The highest BCUT2D eigenvalue weighted by Crippen LogP contribution is 2.41. The Balaban J connectivity index is 2.37. The molecule has 0 bridgehead atoms. The fourth-order valence-electron chi connectivity index (χ4n) is 4.74. The van der Waals surface area contributed by atoms with Crippen molar-refractivity contribution in [1.82, 2.24) is 0 Å². The molecule has 2 aromatic carbocycles. The maximum Gasteiger partial charge on any atom is 0.306 e. The maximum absolute atomic E-state index is 11.6. The molecule has 0 aliphatic heterocycles. The van der Waals surface area contributed by atoms with Gasteiger partial charge in [0, 0.05) is 5.41 Å². The minimum atomic E-state index is -3.56. The molecule has 184 valence electrons. The van der Waals surface area contributed by atoms with Gasteiger partial charge in [-0.1, -0.05) is 58.0 Å². The molecule has 0 spiro atoms. The van der Waals surface area contributed by atoms with Gasteiger partial charge in [0.05, 0.1) is 11.9 Å². The third-order valence-corrected chi connectivity index (χ3v) is 8.18. The van der Waals surface area contributed by atoms with Crippen LogP contribution in [0, 0.1) is 19.8 Å². The van der Waals surface area contributed by atoms with E-state index in [0.29, 0.717) is 5.75 Å². The lowest BCUT2D eigenvalue weighted by molar-refractivity contribution is -0.000451. The number of aliphatic hydroxyl groups is 1. The van der Waals surface area contributed by atoms with E-state index in [4.69, 9.17) is 4.18 Å². The normalized spacial score (nSPS) is 15.2. The highest BCUT2D eigenvalue weighted by atomic mass is 32.2. The van der Waals surface area contributed by atoms with Gasteiger partial charge in [0.1, 0.15) is 5.75 Å². The molecule has 0 aliphatic rings. The number of hydrogen-bond acceptors (Lipinski definition) is 4. The van der Waals surface area contributed by atoms with Crippen LogP contribution in [-0.4, -0.2) is 25.4 Å². The molecule has 0 saturated heterocycles. The largest absolute Gasteiger partial charge is 0.390 e. The van der Waals surface area contributed by atoms with Crippen LogP contribution in [0.2, 0.25) is 0 Å². The predicted molar refractivity (Wildman–Crippen MR) is 138 cm³/mol. The van der Waals surface area contributed by atoms with Crippen molar-refractivity contribution in [3.63, 3.8) is 0 Å². The Morgan fingerprint density at radius 2 is 1.48 bits per heavy atom. The third-order valence-electron chi connectivity index (χ3n) is 7.70. The van der Waals surface area contributed by atoms with Crippen LogP contribution in [0.4, 0.5) is 0 Å². The van der Waals surface area contributed by atoms with E-state index in [9.17, 15) is 13.5 Å². The van der Waals surface area contributed by atoms with Crippen molar-refractivity contribution in [2.24, 2.45) is 5.92 Å². The fraction of sp³-hybridized carbons (Fsp3) is 0.571. The van der Waals surface area contributed by atoms with Crippen LogP contribution in [-0.2, 0) is 22.0 Å². The summed E-state index contributed by atoms with van der Waals surface area (Å²) >= 11 is 0. The number of hydrogen-bond donors (Lipinski definition) is 1. The zero-order valence-corrected chi connectivity index (χ0v) is 22.5. The first kappa shape index (κ1) is 27.4. The van der Waals surface area contributed by atoms with E-state index in [1.165, 1.54) is 22.3 Å². The van der Waals surface area contributed by atoms with E-state index < -0.39 is 15.7 Å². The topological polar surface area (TPSA) is 63.6 Å². The summed E-state index contributed by atoms with van der Waals surface area (Å²) in [6, 6.07) is 12.6. The first-order chi connectivity index (χ1) is 15.3. The van der Waals surface area contributed by atoms with E-state index in [0.717, 1.165) is 43.9 Å². The van der Waals surface area contributed by atoms with Crippen molar-refractivity contribution in [3.05, 3.63) is 64.2 Å². The minimum absolute atomic E-state index is 0.156. The van der Waals surface area contributed by atoms with E-state index in [1.807, 2.05) is 26.8 Å². The van der Waals surface area contributed by atoms with Crippen molar-refractivity contribution in [1.29, 1.82) is 0 Å². The molecule has 2 atom stereocenters. The summed E-state index contributed by atoms with van der Waals surface area (Å²) in [5, 5.41) is 10.5. The zero-order chi connectivity index (χ0) is 25.0. The molecule has 0 aromatic heterocycles. The highest BCUT2D eigenvalue weighted by Gasteiger charge is 2.32. The lowest BCUT2D eigenvalue weighted by atomic mass is 9.69. The molecule has 2 aromatic rings. The first-order valence-corrected chi connectivity index (χ1v) is 13.9. The summed E-state index contributed by atoms with van der Waals surface area (Å²) in [6.45, 7) is 14.6. The van der Waals surface area contributed by atoms with Gasteiger partial charge < -0.3 is 9.29 Å². The number of rotatable bonds is 11. The SMILES string of the molecule is CCC(CC)(c1ccc(CCC(C)C(C)(O)CC)c(C)c1)c1ccc(OS(C)(=O)=O)c(C)c1. The first-order valence-electron chi connectivity index (χ1n) is 12.1. The van der Waals surface area contributed by atoms with Crippen molar-refractivity contribution in [2.75, 3.05) is 6.26 Å². The van der Waals surface area contributed by atoms with Gasteiger partial charge in [0.15, 0.2) is 0 Å². The van der Waals surface area contributed by atoms with Gasteiger partial charge in [-0.25, -0.2) is 0 Å². The van der Waals surface area contributed by atoms with Crippen LogP contribution < -0.4 is 4.18 Å². The van der Waals surface area contributed by atoms with Gasteiger partial charge in [-0.05, 0) is 92.7 Å². The molecule has 2 unspecified atom stereocenters. The molecule has 1 N–H and O–H groups in total. The average Bonchev–Trinajstić information content (AvgIpc) is 2.75. The van der Waals surface area contributed by atoms with Crippen LogP contribution in [0.25, 0.3) is 0 Å². The Morgan fingerprint density at radius 3 is 1.94 bits per heavy atom. The summed E-state index contributed by atoms with van der Waals surface area (Å²) in [5.41, 5.74) is 5.08. The summed E-state index contributed by atoms with van der Waals surface area (Å²) in [7, 11) is -3.56. The molecule has 0 amide bonds. The van der Waals surface area contributed by atoms with E-state index >= 15 is 0 Å². The standard InChI is InChI=1S/C28H42O4S/c1-9-27(7,29)22(6)12-13-23-14-15-24(18-20(23)4)28(10-2,11-3)25-16-17-26(21(5)19-25)32-33(8,30)31/h14-19,22,29H,9-13H2,1-8H3. The Kier molecular flexibility index (Phi) is 8.80. The predicted octanol–water partition coefficient (Wildman–Crippen LogP) is 6.48. The fourth-order valence-corrected chi connectivity index (χ4v) is 5.26. The molecule has 33 heavy (non-hydrogen) atoms. The summed E-state index contributed by atoms with van der Waals surface area (Å²) in [4.78, 5) is 0. The molecule has 0 heterocycles. The number of aryl methyl sites for hydroxylation is 3. The molecule has 2 rings (SSSR count). The smallest absolute Gasteiger partial charge is 0.306 e. The van der Waals surface area contributed by atoms with Gasteiger partial charge in [-0.3, -0.25) is 0 Å². The van der Waals surface area contributed by atoms with Crippen molar-refractivity contribution in [2.45, 2.75) is 91.6 Å². The van der Waals surface area contributed by atoms with Crippen LogP contribution in [0.3, 0.4) is 0 Å². The van der Waals surface area contributed by atoms with Crippen molar-refractivity contribution >= 4 is 10.1 Å². The Hall–Kier alpha value is -1.85. The lowest BCUT2D eigenvalue weighted by Gasteiger charge is -2.34. The Labute approximate surface area is 201 Å². The second-order valence-electron chi connectivity index (χ2n) is 9.85. The Bertz CT molecular complexity index is 1050. The number of benzene rings is 2. The monoisotopic (exact) mass is 474 g/mol. The van der Waals surface area contributed by atoms with E-state index in [2.05, 4.69) is 52.0 Å². The maximum atomic E-state index is 11.6. The van der Waals surface area contributed by atoms with Gasteiger partial charge in [-0.2, -0.15) is 8.42 Å². The lowest BCUT2D eigenvalue weighted by Crippen LogP contribution is -2.32. The second-order valence-corrected chi connectivity index (χ2v) is 11.4. The van der Waals surface area contributed by atoms with Crippen molar-refractivity contribution in [3.8, 4) is 5.75 Å². The summed E-state index contributed by atoms with van der Waals surface area (Å²) in [5.74, 6) is 0.619. The highest BCUT2D eigenvalue weighted by molar-refractivity contribution is 7.86. The van der Waals surface area contributed by atoms with E-state index in [-0.39, 0.29) is 11.3 Å². The molecule has 4 nitrogen and oxygen atoms in total. The molecule has 0 aliphatic carbocycles. The molecule has 0 radical (unpaired) electrons.